The molecule has 0 aliphatic carbocycles. The molecular weight excluding hydrogens is 239 g/mol. The van der Waals surface area contributed by atoms with Crippen molar-refractivity contribution in [3.8, 4) is 0 Å². The Bertz CT molecular complexity index is 64.7. The molecule has 0 saturated heterocycles. The van der Waals surface area contributed by atoms with Gasteiger partial charge in [-0.3, -0.25) is 4.79 Å². The number of rotatable bonds is 1. The summed E-state index contributed by atoms with van der Waals surface area (Å²) in [5.41, 5.74) is 0. The van der Waals surface area contributed by atoms with Crippen LogP contribution in [0.1, 0.15) is 0 Å². The van der Waals surface area contributed by atoms with Gasteiger partial charge >= 0.3 is 5.97 Å². The summed E-state index contributed by atoms with van der Waals surface area (Å²) in [6.07, 6.45) is 0. The van der Waals surface area contributed by atoms with Gasteiger partial charge in [0, 0.05) is 29.6 Å². The van der Waals surface area contributed by atoms with Crippen LogP contribution in [0.3, 0.4) is 0 Å². The van der Waals surface area contributed by atoms with Crippen molar-refractivity contribution < 1.29 is 9.90 Å². The number of halogens is 2. The van der Waals surface area contributed by atoms with Crippen LogP contribution in [-0.4, -0.2) is 44.4 Å². The molecule has 0 fully saturated rings. The summed E-state index contributed by atoms with van der Waals surface area (Å²) in [6, 6.07) is 0. The average Bonchev–Trinajstić information content (AvgIpc) is 1.36. The van der Waals surface area contributed by atoms with E-state index < -0.39 is 9.71 Å². The van der Waals surface area contributed by atoms with Crippen LogP contribution in [0.2, 0.25) is 0 Å². The van der Waals surface area contributed by atoms with Crippen molar-refractivity contribution >= 4 is 67.4 Å². The minimum Gasteiger partial charge on any atom is -0.480 e. The summed E-state index contributed by atoms with van der Waals surface area (Å²) in [7, 11) is 0. The van der Waals surface area contributed by atoms with Crippen molar-refractivity contribution in [3.05, 3.63) is 0 Å². The first kappa shape index (κ1) is 11.3. The van der Waals surface area contributed by atoms with E-state index in [1.54, 1.807) is 0 Å². The smallest absolute Gasteiger partial charge is 0.328 e. The van der Waals surface area contributed by atoms with Gasteiger partial charge in [0.2, 0.25) is 0 Å². The maximum Gasteiger partial charge on any atom is 0.328 e. The predicted octanol–water partition coefficient (Wildman–Crippen LogP) is 0.806. The van der Waals surface area contributed by atoms with Gasteiger partial charge < -0.3 is 5.11 Å². The summed E-state index contributed by atoms with van der Waals surface area (Å²) >= 11 is 5.51. The Hall–Kier alpha value is 1.43. The van der Waals surface area contributed by atoms with E-state index in [0.29, 0.717) is 0 Å². The Morgan fingerprint density at radius 3 is 1.71 bits per heavy atom. The molecule has 1 N–H and O–H groups in total. The van der Waals surface area contributed by atoms with Gasteiger partial charge in [-0.15, -0.1) is 0 Å². The van der Waals surface area contributed by atoms with Crippen LogP contribution in [0.4, 0.5) is 0 Å². The Kier molecular flexibility index (Phi) is 8.95. The Morgan fingerprint density at radius 2 is 1.71 bits per heavy atom. The van der Waals surface area contributed by atoms with E-state index >= 15 is 0 Å². The Labute approximate surface area is 80.2 Å². The van der Waals surface area contributed by atoms with Crippen LogP contribution in [0.5, 0.6) is 0 Å². The van der Waals surface area contributed by atoms with E-state index in [0.717, 1.165) is 0 Å². The second kappa shape index (κ2) is 5.56. The van der Waals surface area contributed by atoms with E-state index in [2.05, 4.69) is 31.9 Å². The Morgan fingerprint density at radius 1 is 1.57 bits per heavy atom. The van der Waals surface area contributed by atoms with Crippen LogP contribution in [-0.2, 0) is 4.79 Å². The topological polar surface area (TPSA) is 37.3 Å². The van der Waals surface area contributed by atoms with E-state index in [1.165, 1.54) is 0 Å². The number of aliphatic carboxylic acids is 1. The molecule has 0 atom stereocenters. The van der Waals surface area contributed by atoms with Crippen LogP contribution >= 0.6 is 31.9 Å². The number of carboxylic acids is 1. The first-order valence-corrected chi connectivity index (χ1v) is 2.98. The fraction of sp³-hybridized carbons (Fsp3) is 0.500. The third-order valence-corrected chi connectivity index (χ3v) is 0.970. The van der Waals surface area contributed by atoms with Gasteiger partial charge in [-0.1, -0.05) is 31.9 Å². The van der Waals surface area contributed by atoms with Crippen molar-refractivity contribution in [1.29, 1.82) is 0 Å². The molecule has 0 saturated carbocycles. The minimum absolute atomic E-state index is 0. The van der Waals surface area contributed by atoms with Crippen molar-refractivity contribution in [1.82, 2.24) is 0 Å². The van der Waals surface area contributed by atoms with E-state index in [-0.39, 0.29) is 29.6 Å². The summed E-state index contributed by atoms with van der Waals surface area (Å²) in [5.74, 6) is -0.907. The van der Waals surface area contributed by atoms with Crippen molar-refractivity contribution in [2.24, 2.45) is 0 Å². The molecule has 2 nitrogen and oxygen atoms in total. The number of hydrogen-bond acceptors (Lipinski definition) is 1. The zero-order valence-corrected chi connectivity index (χ0v) is 8.86. The van der Waals surface area contributed by atoms with Crippen molar-refractivity contribution in [2.75, 3.05) is 0 Å². The number of carbonyl (C=O) groups is 1. The Balaban J connectivity index is 0. The van der Waals surface area contributed by atoms with Crippen molar-refractivity contribution in [2.45, 2.75) is 3.74 Å². The predicted molar refractivity (Wildman–Crippen MR) is 35.0 cm³/mol. The molecule has 0 heterocycles. The summed E-state index contributed by atoms with van der Waals surface area (Å²) in [5, 5.41) is 7.90. The maximum absolute atomic E-state index is 9.61. The normalized spacial score (nSPS) is 7.86. The van der Waals surface area contributed by atoms with E-state index in [1.807, 2.05) is 0 Å². The molecule has 0 aromatic heterocycles. The summed E-state index contributed by atoms with van der Waals surface area (Å²) in [4.78, 5) is 9.61. The molecule has 7 heavy (non-hydrogen) atoms. The second-order valence-corrected chi connectivity index (χ2v) is 3.70. The minimum atomic E-state index is -0.907. The third kappa shape index (κ3) is 7.43. The SMILES string of the molecule is O=C(O)C(Br)Br.[Na]. The first-order valence-electron chi connectivity index (χ1n) is 1.15. The van der Waals surface area contributed by atoms with Crippen molar-refractivity contribution in [3.63, 3.8) is 0 Å². The molecular formula is C2H2Br2NaO2. The molecule has 0 aromatic carbocycles. The van der Waals surface area contributed by atoms with Crippen LogP contribution < -0.4 is 0 Å². The number of carboxylic acid groups (broad SMARTS) is 1. The molecule has 0 amide bonds. The molecule has 0 rings (SSSR count). The second-order valence-electron chi connectivity index (χ2n) is 0.639. The zero-order valence-electron chi connectivity index (χ0n) is 3.69. The van der Waals surface area contributed by atoms with Gasteiger partial charge in [0.15, 0.2) is 3.74 Å². The van der Waals surface area contributed by atoms with Gasteiger partial charge in [0.05, 0.1) is 0 Å². The molecule has 0 unspecified atom stereocenters. The molecule has 0 spiro atoms. The molecule has 1 radical (unpaired) electrons. The summed E-state index contributed by atoms with van der Waals surface area (Å²) < 4.78 is -0.606. The monoisotopic (exact) mass is 239 g/mol. The third-order valence-electron chi connectivity index (χ3n) is 0.187. The maximum atomic E-state index is 9.61. The van der Waals surface area contributed by atoms with Gasteiger partial charge in [0.25, 0.3) is 0 Å². The largest absolute Gasteiger partial charge is 0.480 e. The standard InChI is InChI=1S/C2H2Br2O2.Na/c3-1(4)2(5)6;/h1H,(H,5,6);. The quantitative estimate of drug-likeness (QED) is 0.544. The van der Waals surface area contributed by atoms with Crippen LogP contribution in [0.15, 0.2) is 0 Å². The molecule has 0 aliphatic heterocycles. The average molecular weight is 241 g/mol. The van der Waals surface area contributed by atoms with Gasteiger partial charge in [-0.25, -0.2) is 0 Å². The van der Waals surface area contributed by atoms with E-state index in [4.69, 9.17) is 5.11 Å². The molecule has 5 heteroatoms. The van der Waals surface area contributed by atoms with Gasteiger partial charge in [0.1, 0.15) is 0 Å². The van der Waals surface area contributed by atoms with Crippen LogP contribution in [0, 0.1) is 0 Å². The first-order chi connectivity index (χ1) is 2.64. The molecule has 37 valence electrons. The summed E-state index contributed by atoms with van der Waals surface area (Å²) in [6.45, 7) is 0. The molecule has 0 aromatic rings. The number of alkyl halides is 2. The fourth-order valence-corrected chi connectivity index (χ4v) is 0. The van der Waals surface area contributed by atoms with Crippen LogP contribution in [0.25, 0.3) is 0 Å². The number of hydrogen-bond donors (Lipinski definition) is 1. The fourth-order valence-electron chi connectivity index (χ4n) is 0. The zero-order chi connectivity index (χ0) is 5.15. The molecule has 0 aliphatic rings. The molecule has 0 bridgehead atoms. The van der Waals surface area contributed by atoms with E-state index in [9.17, 15) is 4.79 Å². The van der Waals surface area contributed by atoms with Gasteiger partial charge in [-0.2, -0.15) is 0 Å². The van der Waals surface area contributed by atoms with Gasteiger partial charge in [-0.05, 0) is 0 Å².